The summed E-state index contributed by atoms with van der Waals surface area (Å²) >= 11 is 0. The molecule has 34 valence electrons. The third kappa shape index (κ3) is 9.12. The number of nitrogens with two attached hydrogens (primary N) is 2. The van der Waals surface area contributed by atoms with E-state index in [1.807, 2.05) is 0 Å². The molecule has 0 atom stereocenters. The Balaban J connectivity index is -0.0000000800. The minimum Gasteiger partial charge on any atom is -1.00 e. The first-order valence-electron chi connectivity index (χ1n) is 1.82. The van der Waals surface area contributed by atoms with Crippen LogP contribution in [-0.2, 0) is 0 Å². The van der Waals surface area contributed by atoms with Gasteiger partial charge < -0.3 is 12.9 Å². The second-order valence-electron chi connectivity index (χ2n) is 0.931. The van der Waals surface area contributed by atoms with E-state index in [0.717, 1.165) is 19.5 Å². The van der Waals surface area contributed by atoms with Gasteiger partial charge in [0, 0.05) is 0 Å². The fourth-order valence-corrected chi connectivity index (χ4v) is 0.118. The molecule has 4 N–H and O–H groups in total. The van der Waals surface area contributed by atoms with Gasteiger partial charge in [0.15, 0.2) is 0 Å². The van der Waals surface area contributed by atoms with Crippen molar-refractivity contribution in [1.29, 1.82) is 0 Å². The Morgan fingerprint density at radius 1 is 1.17 bits per heavy atom. The molecule has 0 aliphatic carbocycles. The van der Waals surface area contributed by atoms with Crippen molar-refractivity contribution in [3.63, 3.8) is 0 Å². The summed E-state index contributed by atoms with van der Waals surface area (Å²) in [5, 5.41) is 0. The van der Waals surface area contributed by atoms with E-state index in [1.54, 1.807) is 0 Å². The first-order chi connectivity index (χ1) is 2.41. The molecule has 0 rings (SSSR count). The van der Waals surface area contributed by atoms with Crippen molar-refractivity contribution in [3.05, 3.63) is 0 Å². The van der Waals surface area contributed by atoms with Gasteiger partial charge >= 0.3 is 51.4 Å². The SMILES string of the molecule is NCCCN.[H-].[K+]. The maximum Gasteiger partial charge on any atom is 1.00 e. The molecule has 0 saturated carbocycles. The van der Waals surface area contributed by atoms with Gasteiger partial charge in [-0.15, -0.1) is 0 Å². The summed E-state index contributed by atoms with van der Waals surface area (Å²) in [6, 6.07) is 0. The summed E-state index contributed by atoms with van der Waals surface area (Å²) in [4.78, 5) is 0. The quantitative estimate of drug-likeness (QED) is 0.365. The number of rotatable bonds is 2. The second-order valence-corrected chi connectivity index (χ2v) is 0.931. The molecule has 0 saturated heterocycles. The van der Waals surface area contributed by atoms with Crippen LogP contribution in [0.15, 0.2) is 0 Å². The number of hydrogen-bond acceptors (Lipinski definition) is 2. The Bertz CT molecular complexity index is 20.4. The molecule has 0 aromatic heterocycles. The van der Waals surface area contributed by atoms with Crippen molar-refractivity contribution in [2.45, 2.75) is 6.42 Å². The molecule has 0 heterocycles. The Kier molecular flexibility index (Phi) is 17.1. The molecule has 0 aromatic carbocycles. The Morgan fingerprint density at radius 3 is 1.50 bits per heavy atom. The monoisotopic (exact) mass is 114 g/mol. The molecule has 0 amide bonds. The van der Waals surface area contributed by atoms with E-state index in [1.165, 1.54) is 0 Å². The fraction of sp³-hybridized carbons (Fsp3) is 1.00. The predicted molar refractivity (Wildman–Crippen MR) is 23.8 cm³/mol. The number of hydrogen-bond donors (Lipinski definition) is 2. The van der Waals surface area contributed by atoms with Crippen LogP contribution in [0.25, 0.3) is 0 Å². The largest absolute Gasteiger partial charge is 1.00 e. The zero-order valence-corrected chi connectivity index (χ0v) is 7.40. The minimum absolute atomic E-state index is 0. The van der Waals surface area contributed by atoms with E-state index < -0.39 is 0 Å². The van der Waals surface area contributed by atoms with Gasteiger partial charge in [0.1, 0.15) is 0 Å². The van der Waals surface area contributed by atoms with Crippen molar-refractivity contribution in [3.8, 4) is 0 Å². The summed E-state index contributed by atoms with van der Waals surface area (Å²) in [5.41, 5.74) is 10.1. The second kappa shape index (κ2) is 9.75. The normalized spacial score (nSPS) is 7.00. The summed E-state index contributed by atoms with van der Waals surface area (Å²) < 4.78 is 0. The molecule has 2 nitrogen and oxygen atoms in total. The van der Waals surface area contributed by atoms with Gasteiger partial charge in [0.05, 0.1) is 0 Å². The van der Waals surface area contributed by atoms with Crippen molar-refractivity contribution in [2.24, 2.45) is 11.5 Å². The van der Waals surface area contributed by atoms with Crippen LogP contribution in [-0.4, -0.2) is 13.1 Å². The smallest absolute Gasteiger partial charge is 1.00 e. The van der Waals surface area contributed by atoms with Crippen LogP contribution >= 0.6 is 0 Å². The minimum atomic E-state index is 0. The summed E-state index contributed by atoms with van der Waals surface area (Å²) in [7, 11) is 0. The molecule has 0 fully saturated rings. The molecule has 0 aromatic rings. The molecule has 0 spiro atoms. The fourth-order valence-electron chi connectivity index (χ4n) is 0.118. The van der Waals surface area contributed by atoms with E-state index in [2.05, 4.69) is 0 Å². The van der Waals surface area contributed by atoms with Gasteiger partial charge in [-0.25, -0.2) is 0 Å². The maximum atomic E-state index is 5.06. The van der Waals surface area contributed by atoms with Gasteiger partial charge in [-0.1, -0.05) is 0 Å². The van der Waals surface area contributed by atoms with Crippen molar-refractivity contribution in [2.75, 3.05) is 13.1 Å². The summed E-state index contributed by atoms with van der Waals surface area (Å²) in [6.07, 6.45) is 0.944. The molecular weight excluding hydrogens is 103 g/mol. The maximum absolute atomic E-state index is 5.06. The van der Waals surface area contributed by atoms with Crippen LogP contribution in [0.1, 0.15) is 7.85 Å². The average molecular weight is 114 g/mol. The van der Waals surface area contributed by atoms with Crippen LogP contribution in [0.2, 0.25) is 0 Å². The van der Waals surface area contributed by atoms with Crippen LogP contribution < -0.4 is 62.9 Å². The van der Waals surface area contributed by atoms with E-state index in [0.29, 0.717) is 0 Å². The molecule has 0 aliphatic heterocycles. The zero-order chi connectivity index (χ0) is 4.12. The molecule has 3 heteroatoms. The third-order valence-corrected chi connectivity index (χ3v) is 0.408. The molecule has 0 unspecified atom stereocenters. The Morgan fingerprint density at radius 2 is 1.50 bits per heavy atom. The first kappa shape index (κ1) is 10.5. The van der Waals surface area contributed by atoms with E-state index >= 15 is 0 Å². The van der Waals surface area contributed by atoms with E-state index in [4.69, 9.17) is 11.5 Å². The van der Waals surface area contributed by atoms with Crippen molar-refractivity contribution < 1.29 is 52.8 Å². The molecule has 0 bridgehead atoms. The Hall–Kier alpha value is 1.56. The predicted octanol–water partition coefficient (Wildman–Crippen LogP) is -3.59. The average Bonchev–Trinajstić information content (AvgIpc) is 1.41. The van der Waals surface area contributed by atoms with Gasteiger partial charge in [-0.3, -0.25) is 0 Å². The van der Waals surface area contributed by atoms with Crippen molar-refractivity contribution in [1.82, 2.24) is 0 Å². The first-order valence-corrected chi connectivity index (χ1v) is 1.82. The van der Waals surface area contributed by atoms with Crippen LogP contribution in [0, 0.1) is 0 Å². The molecular formula is C3H11KN2. The standard InChI is InChI=1S/C3H10N2.K.H/c4-2-1-3-5;;/h1-5H2;;/q;+1;-1. The Labute approximate surface area is 82.6 Å². The van der Waals surface area contributed by atoms with Gasteiger partial charge in [0.25, 0.3) is 0 Å². The van der Waals surface area contributed by atoms with Gasteiger partial charge in [-0.2, -0.15) is 0 Å². The van der Waals surface area contributed by atoms with Gasteiger partial charge in [-0.05, 0) is 19.5 Å². The third-order valence-electron chi connectivity index (χ3n) is 0.408. The van der Waals surface area contributed by atoms with E-state index in [9.17, 15) is 0 Å². The summed E-state index contributed by atoms with van der Waals surface area (Å²) in [6.45, 7) is 1.44. The van der Waals surface area contributed by atoms with E-state index in [-0.39, 0.29) is 52.8 Å². The molecule has 0 radical (unpaired) electrons. The topological polar surface area (TPSA) is 52.0 Å². The van der Waals surface area contributed by atoms with Crippen LogP contribution in [0.4, 0.5) is 0 Å². The van der Waals surface area contributed by atoms with Crippen molar-refractivity contribution >= 4 is 0 Å². The summed E-state index contributed by atoms with van der Waals surface area (Å²) in [5.74, 6) is 0. The van der Waals surface area contributed by atoms with Crippen LogP contribution in [0.5, 0.6) is 0 Å². The zero-order valence-electron chi connectivity index (χ0n) is 5.28. The molecule has 6 heavy (non-hydrogen) atoms. The molecule has 0 aliphatic rings. The van der Waals surface area contributed by atoms with Gasteiger partial charge in [0.2, 0.25) is 0 Å². The van der Waals surface area contributed by atoms with Crippen LogP contribution in [0.3, 0.4) is 0 Å².